The zero-order valence-corrected chi connectivity index (χ0v) is 38.8. The minimum atomic E-state index is -2.56. The Morgan fingerprint density at radius 2 is 1.33 bits per heavy atom. The van der Waals surface area contributed by atoms with E-state index in [1.165, 1.54) is 32.6 Å². The normalized spacial score (nSPS) is 14.4. The molecule has 0 aromatic heterocycles. The monoisotopic (exact) mass is 839 g/mol. The van der Waals surface area contributed by atoms with Crippen LogP contribution >= 0.6 is 30.3 Å². The van der Waals surface area contributed by atoms with Crippen molar-refractivity contribution in [3.8, 4) is 11.5 Å². The fourth-order valence-corrected chi connectivity index (χ4v) is 12.9. The molecule has 0 spiro atoms. The summed E-state index contributed by atoms with van der Waals surface area (Å²) in [7, 11) is 2.27. The van der Waals surface area contributed by atoms with Gasteiger partial charge in [-0.25, -0.2) is 0 Å². The van der Waals surface area contributed by atoms with E-state index in [0.29, 0.717) is 19.4 Å². The molecule has 0 radical (unpaired) electrons. The molecule has 0 fully saturated rings. The number of hydrogen-bond donors (Lipinski definition) is 0. The largest absolute Gasteiger partial charge is 1.00 e. The number of benzene rings is 5. The van der Waals surface area contributed by atoms with Crippen LogP contribution in [-0.4, -0.2) is 25.2 Å². The summed E-state index contributed by atoms with van der Waals surface area (Å²) in [5.41, 5.74) is 6.75. The number of ether oxygens (including phenoxy) is 2. The molecule has 0 aliphatic carbocycles. The number of fused-ring (bicyclic) bond motifs is 1. The number of carbonyl (C=O) groups is 2. The molecule has 0 N–H and O–H groups in total. The van der Waals surface area contributed by atoms with E-state index in [-0.39, 0.29) is 56.2 Å². The van der Waals surface area contributed by atoms with E-state index in [1.807, 2.05) is 40.7 Å². The number of carbonyl (C=O) groups excluding carboxylic acids is 2. The van der Waals surface area contributed by atoms with Crippen molar-refractivity contribution in [3.63, 3.8) is 0 Å². The summed E-state index contributed by atoms with van der Waals surface area (Å²) in [6.45, 7) is 16.8. The van der Waals surface area contributed by atoms with Gasteiger partial charge < -0.3 is 15.4 Å². The Morgan fingerprint density at radius 1 is 0.870 bits per heavy atom. The van der Waals surface area contributed by atoms with Crippen LogP contribution in [0.5, 0.6) is 11.5 Å². The zero-order chi connectivity index (χ0) is 38.8. The van der Waals surface area contributed by atoms with Gasteiger partial charge in [0.05, 0.1) is 28.9 Å². The van der Waals surface area contributed by atoms with Gasteiger partial charge in [-0.15, -0.1) is 0 Å². The first kappa shape index (κ1) is 45.6. The third kappa shape index (κ3) is 10.9. The first-order valence-electron chi connectivity index (χ1n) is 18.0. The standard InChI is InChI=1S/C19H18BrP.C14H21O3P.C12H14O2.Na.H/c1-21(20,17-11-5-2-6-12-17,18-13-7-3-8-14-18)19-15-9-4-10-16-19;1-5-16-13(15)8-10(3)12-7-9(2)6-11(4)14(12)17-18;1-7-4-9(3)12-10(5-7)8(2)6-11(13)14-12;;/h2-16H,1H3;6-7,10H,5,8,18H2,1-4H3;4-5,8H,6H2,1-3H3;;/q;;;+1;-1/p+1. The third-order valence-corrected chi connectivity index (χ3v) is 18.2. The van der Waals surface area contributed by atoms with Gasteiger partial charge in [-0.2, -0.15) is 0 Å². The van der Waals surface area contributed by atoms with Crippen LogP contribution in [0.2, 0.25) is 0 Å². The summed E-state index contributed by atoms with van der Waals surface area (Å²) >= 11 is 4.24. The minimum Gasteiger partial charge on any atom is -1.00 e. The van der Waals surface area contributed by atoms with Gasteiger partial charge in [-0.1, -0.05) is 49.2 Å². The summed E-state index contributed by atoms with van der Waals surface area (Å²) in [6, 6.07) is 40.6. The molecule has 1 aliphatic rings. The van der Waals surface area contributed by atoms with E-state index in [2.05, 4.69) is 155 Å². The Morgan fingerprint density at radius 3 is 1.80 bits per heavy atom. The number of hydrogen-bond acceptors (Lipinski definition) is 5. The SMILES string of the molecule is CCOC(=O)CC(C)c1cc(C)cc(C)c1OP.CP(Br)(c1ccccc1)(c1ccccc1)c1ccccc1.Cc1cc(C)c2c(c1)C(C)CC(=O)O2.[H+].[H-].[Na+]. The molecule has 0 saturated carbocycles. The van der Waals surface area contributed by atoms with Crippen molar-refractivity contribution in [3.05, 3.63) is 149 Å². The molecule has 6 rings (SSSR count). The molecular formula is C45H55BrNaO5P2+. The summed E-state index contributed by atoms with van der Waals surface area (Å²) in [6.07, 6.45) is 0.869. The smallest absolute Gasteiger partial charge is 1.00 e. The second kappa shape index (κ2) is 20.4. The van der Waals surface area contributed by atoms with Crippen LogP contribution in [0.4, 0.5) is 0 Å². The zero-order valence-electron chi connectivity index (χ0n) is 35.2. The summed E-state index contributed by atoms with van der Waals surface area (Å²) in [4.78, 5) is 22.8. The second-order valence-corrected chi connectivity index (χ2v) is 24.0. The van der Waals surface area contributed by atoms with Crippen LogP contribution < -0.4 is 54.7 Å². The molecule has 1 aliphatic heterocycles. The molecule has 282 valence electrons. The fraction of sp³-hybridized carbons (Fsp3) is 0.289. The Hall–Kier alpha value is -2.82. The van der Waals surface area contributed by atoms with E-state index < -0.39 is 5.31 Å². The Bertz CT molecular complexity index is 1920. The van der Waals surface area contributed by atoms with Crippen LogP contribution in [0.15, 0.2) is 115 Å². The fourth-order valence-electron chi connectivity index (χ4n) is 6.90. The first-order valence-corrected chi connectivity index (χ1v) is 23.2. The van der Waals surface area contributed by atoms with Gasteiger partial charge >= 0.3 is 177 Å². The van der Waals surface area contributed by atoms with Crippen molar-refractivity contribution in [2.45, 2.75) is 73.1 Å². The maximum Gasteiger partial charge on any atom is 1.00 e. The maximum atomic E-state index is 11.5. The van der Waals surface area contributed by atoms with E-state index in [9.17, 15) is 9.59 Å². The van der Waals surface area contributed by atoms with Gasteiger partial charge in [0.15, 0.2) is 0 Å². The van der Waals surface area contributed by atoms with Gasteiger partial charge in [0, 0.05) is 0 Å². The molecule has 1 heterocycles. The predicted molar refractivity (Wildman–Crippen MR) is 233 cm³/mol. The molecule has 9 heteroatoms. The Balaban J connectivity index is 0.000000417. The summed E-state index contributed by atoms with van der Waals surface area (Å²) < 4.78 is 15.6. The van der Waals surface area contributed by atoms with Crippen LogP contribution in [-0.2, 0) is 14.3 Å². The third-order valence-electron chi connectivity index (χ3n) is 9.65. The molecule has 3 unspecified atom stereocenters. The van der Waals surface area contributed by atoms with E-state index in [0.717, 1.165) is 28.2 Å². The first-order chi connectivity index (χ1) is 25.2. The average molecular weight is 841 g/mol. The maximum absolute atomic E-state index is 11.5. The van der Waals surface area contributed by atoms with Crippen molar-refractivity contribution >= 4 is 58.1 Å². The van der Waals surface area contributed by atoms with Crippen LogP contribution in [0.25, 0.3) is 0 Å². The predicted octanol–water partition coefficient (Wildman–Crippen LogP) is 7.93. The average Bonchev–Trinajstić information content (AvgIpc) is 3.14. The van der Waals surface area contributed by atoms with Crippen molar-refractivity contribution in [1.29, 1.82) is 0 Å². The Kier molecular flexibility index (Phi) is 17.2. The van der Waals surface area contributed by atoms with Crippen molar-refractivity contribution in [2.24, 2.45) is 0 Å². The molecule has 5 aromatic carbocycles. The number of rotatable bonds is 8. The van der Waals surface area contributed by atoms with Gasteiger partial charge in [0.25, 0.3) is 0 Å². The van der Waals surface area contributed by atoms with Gasteiger partial charge in [0.2, 0.25) is 0 Å². The molecule has 5 nitrogen and oxygen atoms in total. The molecule has 0 amide bonds. The van der Waals surface area contributed by atoms with E-state index >= 15 is 0 Å². The van der Waals surface area contributed by atoms with Gasteiger partial charge in [-0.3, -0.25) is 9.59 Å². The molecule has 3 atom stereocenters. The molecule has 5 aromatic rings. The van der Waals surface area contributed by atoms with Gasteiger partial charge in [0.1, 0.15) is 11.5 Å². The van der Waals surface area contributed by atoms with Crippen LogP contribution in [0, 0.1) is 27.7 Å². The molecule has 0 saturated heterocycles. The summed E-state index contributed by atoms with van der Waals surface area (Å²) in [5.74, 6) is 1.70. The van der Waals surface area contributed by atoms with E-state index in [1.54, 1.807) is 0 Å². The quantitative estimate of drug-likeness (QED) is 0.0688. The summed E-state index contributed by atoms with van der Waals surface area (Å²) in [5, 5.41) is 1.48. The van der Waals surface area contributed by atoms with Crippen molar-refractivity contribution < 1.29 is 56.0 Å². The van der Waals surface area contributed by atoms with Crippen LogP contribution in [0.3, 0.4) is 0 Å². The minimum absolute atomic E-state index is 0. The molecule has 0 bridgehead atoms. The molecular weight excluding hydrogens is 785 g/mol. The van der Waals surface area contributed by atoms with Crippen molar-refractivity contribution in [1.82, 2.24) is 0 Å². The van der Waals surface area contributed by atoms with E-state index in [4.69, 9.17) is 14.0 Å². The second-order valence-electron chi connectivity index (χ2n) is 14.0. The van der Waals surface area contributed by atoms with Crippen molar-refractivity contribution in [2.75, 3.05) is 13.3 Å². The van der Waals surface area contributed by atoms with Gasteiger partial charge in [-0.05, 0) is 68.7 Å². The number of esters is 2. The topological polar surface area (TPSA) is 61.8 Å². The number of aryl methyl sites for hydroxylation is 4. The Labute approximate surface area is 358 Å². The van der Waals surface area contributed by atoms with Crippen LogP contribution in [0.1, 0.15) is 81.7 Å². The number of halogens is 1. The molecule has 54 heavy (non-hydrogen) atoms.